The van der Waals surface area contributed by atoms with Crippen LogP contribution in [0, 0.1) is 5.92 Å². The van der Waals surface area contributed by atoms with E-state index in [9.17, 15) is 14.4 Å². The van der Waals surface area contributed by atoms with Gasteiger partial charge in [0.2, 0.25) is 5.91 Å². The van der Waals surface area contributed by atoms with Crippen LogP contribution in [0.25, 0.3) is 10.9 Å². The summed E-state index contributed by atoms with van der Waals surface area (Å²) < 4.78 is 1.71. The fourth-order valence-corrected chi connectivity index (χ4v) is 4.22. The summed E-state index contributed by atoms with van der Waals surface area (Å²) >= 11 is 0. The second-order valence-electron chi connectivity index (χ2n) is 8.04. The molecule has 2 saturated heterocycles. The largest absolute Gasteiger partial charge is 0.341 e. The smallest absolute Gasteiger partial charge is 0.325 e. The number of nitrogens with one attached hydrogen (secondary N) is 1. The van der Waals surface area contributed by atoms with Crippen molar-refractivity contribution < 1.29 is 14.4 Å². The number of aromatic nitrogens is 2. The van der Waals surface area contributed by atoms with Crippen molar-refractivity contribution in [2.75, 3.05) is 19.6 Å². The molecule has 0 atom stereocenters. The van der Waals surface area contributed by atoms with E-state index in [-0.39, 0.29) is 30.3 Å². The lowest BCUT2D eigenvalue weighted by Crippen LogP contribution is -2.58. The molecular weight excluding hydrogens is 358 g/mol. The van der Waals surface area contributed by atoms with Crippen molar-refractivity contribution in [1.82, 2.24) is 24.9 Å². The van der Waals surface area contributed by atoms with E-state index in [1.54, 1.807) is 20.7 Å². The lowest BCUT2D eigenvalue weighted by Gasteiger charge is -2.42. The number of hydrogen-bond donors (Lipinski definition) is 1. The van der Waals surface area contributed by atoms with Gasteiger partial charge < -0.3 is 9.80 Å². The molecule has 3 heterocycles. The molecule has 4 rings (SSSR count). The minimum absolute atomic E-state index is 0.0242. The number of rotatable bonds is 4. The Hall–Kier alpha value is -2.90. The van der Waals surface area contributed by atoms with Gasteiger partial charge in [0.1, 0.15) is 12.1 Å². The Bertz CT molecular complexity index is 927. The summed E-state index contributed by atoms with van der Waals surface area (Å²) in [6.45, 7) is 5.65. The van der Waals surface area contributed by atoms with Gasteiger partial charge in [-0.3, -0.25) is 19.6 Å². The highest BCUT2D eigenvalue weighted by molar-refractivity contribution is 6.07. The summed E-state index contributed by atoms with van der Waals surface area (Å²) in [7, 11) is 0. The van der Waals surface area contributed by atoms with Crippen LogP contribution in [0.3, 0.4) is 0 Å². The number of urea groups is 1. The number of hydrogen-bond acceptors (Lipinski definition) is 4. The molecule has 1 spiro atoms. The number of carbonyl (C=O) groups excluding carboxylic acids is 3. The number of para-hydroxylation sites is 1. The monoisotopic (exact) mass is 383 g/mol. The van der Waals surface area contributed by atoms with E-state index in [4.69, 9.17) is 0 Å². The highest BCUT2D eigenvalue weighted by atomic mass is 16.2. The summed E-state index contributed by atoms with van der Waals surface area (Å²) in [5.41, 5.74) is 0.101. The normalized spacial score (nSPS) is 19.1. The first-order valence-corrected chi connectivity index (χ1v) is 9.72. The minimum atomic E-state index is -0.823. The SMILES string of the molecule is CC(C)CN1C(=O)NC(=O)C12CCN(C(=O)Cn1ncc3ccccc31)CC2. The maximum atomic E-state index is 12.8. The maximum absolute atomic E-state index is 12.8. The lowest BCUT2D eigenvalue weighted by atomic mass is 9.85. The van der Waals surface area contributed by atoms with Crippen LogP contribution in [0.15, 0.2) is 30.5 Å². The molecule has 2 fully saturated rings. The van der Waals surface area contributed by atoms with Crippen molar-refractivity contribution in [3.05, 3.63) is 30.5 Å². The molecule has 0 bridgehead atoms. The van der Waals surface area contributed by atoms with Gasteiger partial charge in [-0.25, -0.2) is 4.79 Å². The Morgan fingerprint density at radius 3 is 2.64 bits per heavy atom. The van der Waals surface area contributed by atoms with Crippen LogP contribution in [0.4, 0.5) is 4.79 Å². The molecular formula is C20H25N5O3. The van der Waals surface area contributed by atoms with Gasteiger partial charge in [0.25, 0.3) is 5.91 Å². The van der Waals surface area contributed by atoms with E-state index in [0.717, 1.165) is 10.9 Å². The molecule has 0 saturated carbocycles. The predicted octanol–water partition coefficient (Wildman–Crippen LogP) is 1.61. The van der Waals surface area contributed by atoms with E-state index in [1.165, 1.54) is 0 Å². The van der Waals surface area contributed by atoms with E-state index >= 15 is 0 Å². The molecule has 0 radical (unpaired) electrons. The minimum Gasteiger partial charge on any atom is -0.341 e. The number of imide groups is 1. The van der Waals surface area contributed by atoms with Crippen molar-refractivity contribution >= 4 is 28.7 Å². The zero-order valence-corrected chi connectivity index (χ0v) is 16.2. The van der Waals surface area contributed by atoms with Gasteiger partial charge in [-0.15, -0.1) is 0 Å². The van der Waals surface area contributed by atoms with Gasteiger partial charge in [0.15, 0.2) is 0 Å². The molecule has 1 aromatic heterocycles. The van der Waals surface area contributed by atoms with Gasteiger partial charge in [-0.05, 0) is 24.8 Å². The van der Waals surface area contributed by atoms with Gasteiger partial charge in [-0.1, -0.05) is 32.0 Å². The summed E-state index contributed by atoms with van der Waals surface area (Å²) in [6.07, 6.45) is 2.68. The van der Waals surface area contributed by atoms with Crippen LogP contribution in [-0.2, 0) is 16.1 Å². The van der Waals surface area contributed by atoms with Crippen molar-refractivity contribution in [2.24, 2.45) is 5.92 Å². The van der Waals surface area contributed by atoms with Crippen LogP contribution < -0.4 is 5.32 Å². The fraction of sp³-hybridized carbons (Fsp3) is 0.500. The average Bonchev–Trinajstić information content (AvgIpc) is 3.17. The van der Waals surface area contributed by atoms with Crippen LogP contribution >= 0.6 is 0 Å². The molecule has 0 aliphatic carbocycles. The Morgan fingerprint density at radius 1 is 1.21 bits per heavy atom. The summed E-state index contributed by atoms with van der Waals surface area (Å²) in [4.78, 5) is 41.0. The van der Waals surface area contributed by atoms with Crippen molar-refractivity contribution in [1.29, 1.82) is 0 Å². The van der Waals surface area contributed by atoms with Gasteiger partial charge in [0, 0.05) is 25.0 Å². The topological polar surface area (TPSA) is 87.5 Å². The first-order chi connectivity index (χ1) is 13.4. The van der Waals surface area contributed by atoms with Crippen LogP contribution in [0.5, 0.6) is 0 Å². The Balaban J connectivity index is 1.45. The number of amides is 4. The van der Waals surface area contributed by atoms with E-state index in [1.807, 2.05) is 38.1 Å². The van der Waals surface area contributed by atoms with Gasteiger partial charge >= 0.3 is 6.03 Å². The second kappa shape index (κ2) is 6.92. The van der Waals surface area contributed by atoms with E-state index in [2.05, 4.69) is 10.4 Å². The predicted molar refractivity (Wildman–Crippen MR) is 103 cm³/mol. The molecule has 148 valence electrons. The molecule has 8 heteroatoms. The maximum Gasteiger partial charge on any atom is 0.325 e. The van der Waals surface area contributed by atoms with Crippen LogP contribution in [0.1, 0.15) is 26.7 Å². The summed E-state index contributed by atoms with van der Waals surface area (Å²) in [5.74, 6) is 0.00782. The fourth-order valence-electron chi connectivity index (χ4n) is 4.22. The first kappa shape index (κ1) is 18.5. The molecule has 2 aliphatic heterocycles. The van der Waals surface area contributed by atoms with E-state index < -0.39 is 5.54 Å². The Kier molecular flexibility index (Phi) is 4.56. The highest BCUT2D eigenvalue weighted by Gasteiger charge is 2.54. The standard InChI is InChI=1S/C20H25N5O3/c1-14(2)12-24-19(28)22-18(27)20(24)7-9-23(10-8-20)17(26)13-25-16-6-4-3-5-15(16)11-21-25/h3-6,11,14H,7-10,12-13H2,1-2H3,(H,22,27,28). The van der Waals surface area contributed by atoms with Crippen molar-refractivity contribution in [2.45, 2.75) is 38.8 Å². The summed E-state index contributed by atoms with van der Waals surface area (Å²) in [6, 6.07) is 7.46. The van der Waals surface area contributed by atoms with Crippen molar-refractivity contribution in [3.63, 3.8) is 0 Å². The third-order valence-corrected chi connectivity index (χ3v) is 5.73. The first-order valence-electron chi connectivity index (χ1n) is 9.72. The number of fused-ring (bicyclic) bond motifs is 1. The van der Waals surface area contributed by atoms with E-state index in [0.29, 0.717) is 32.5 Å². The third kappa shape index (κ3) is 3.02. The summed E-state index contributed by atoms with van der Waals surface area (Å²) in [5, 5.41) is 7.78. The zero-order chi connectivity index (χ0) is 19.9. The molecule has 0 unspecified atom stereocenters. The van der Waals surface area contributed by atoms with Gasteiger partial charge in [0.05, 0.1) is 11.7 Å². The third-order valence-electron chi connectivity index (χ3n) is 5.73. The highest BCUT2D eigenvalue weighted by Crippen LogP contribution is 2.34. The quantitative estimate of drug-likeness (QED) is 0.813. The van der Waals surface area contributed by atoms with Crippen LogP contribution in [-0.4, -0.2) is 62.6 Å². The average molecular weight is 383 g/mol. The number of piperidine rings is 1. The molecule has 4 amide bonds. The van der Waals surface area contributed by atoms with Crippen molar-refractivity contribution in [3.8, 4) is 0 Å². The molecule has 8 nitrogen and oxygen atoms in total. The Morgan fingerprint density at radius 2 is 1.93 bits per heavy atom. The van der Waals surface area contributed by atoms with Gasteiger partial charge in [-0.2, -0.15) is 5.10 Å². The molecule has 1 aromatic carbocycles. The molecule has 28 heavy (non-hydrogen) atoms. The molecule has 2 aliphatic rings. The number of likely N-dealkylation sites (tertiary alicyclic amines) is 1. The lowest BCUT2D eigenvalue weighted by molar-refractivity contribution is -0.138. The van der Waals surface area contributed by atoms with Crippen LogP contribution in [0.2, 0.25) is 0 Å². The Labute approximate surface area is 163 Å². The molecule has 2 aromatic rings. The zero-order valence-electron chi connectivity index (χ0n) is 16.2. The number of carbonyl (C=O) groups is 3. The number of benzene rings is 1. The second-order valence-corrected chi connectivity index (χ2v) is 8.04. The number of nitrogens with zero attached hydrogens (tertiary/aromatic N) is 4. The molecule has 1 N–H and O–H groups in total.